The highest BCUT2D eigenvalue weighted by Crippen LogP contribution is 2.36. The number of thioether (sulfide) groups is 1. The van der Waals surface area contributed by atoms with Gasteiger partial charge in [0.2, 0.25) is 5.91 Å². The lowest BCUT2D eigenvalue weighted by Gasteiger charge is -2.34. The third-order valence-corrected chi connectivity index (χ3v) is 7.62. The summed E-state index contributed by atoms with van der Waals surface area (Å²) in [7, 11) is 1.56. The molecular formula is C24H26BrClN4O2S. The van der Waals surface area contributed by atoms with Gasteiger partial charge in [-0.2, -0.15) is 0 Å². The summed E-state index contributed by atoms with van der Waals surface area (Å²) in [6, 6.07) is 13.3. The van der Waals surface area contributed by atoms with Gasteiger partial charge in [0.05, 0.1) is 23.6 Å². The van der Waals surface area contributed by atoms with E-state index in [1.165, 1.54) is 11.8 Å². The van der Waals surface area contributed by atoms with Crippen molar-refractivity contribution in [3.05, 3.63) is 57.5 Å². The van der Waals surface area contributed by atoms with E-state index in [1.807, 2.05) is 24.3 Å². The van der Waals surface area contributed by atoms with Crippen molar-refractivity contribution in [2.24, 2.45) is 9.98 Å². The number of methoxy groups -OCH3 is 1. The van der Waals surface area contributed by atoms with Crippen LogP contribution in [0.5, 0.6) is 5.75 Å². The number of likely N-dealkylation sites (tertiary alicyclic amines) is 1. The highest BCUT2D eigenvalue weighted by atomic mass is 79.9. The molecule has 0 atom stereocenters. The quantitative estimate of drug-likeness (QED) is 0.517. The molecule has 1 N–H and O–H groups in total. The summed E-state index contributed by atoms with van der Waals surface area (Å²) in [4.78, 5) is 25.3. The van der Waals surface area contributed by atoms with E-state index in [2.05, 4.69) is 33.1 Å². The van der Waals surface area contributed by atoms with Crippen LogP contribution in [-0.4, -0.2) is 59.7 Å². The number of carbonyl (C=O) groups is 1. The van der Waals surface area contributed by atoms with E-state index >= 15 is 0 Å². The minimum atomic E-state index is -0.420. The largest absolute Gasteiger partial charge is 0.495 e. The molecular weight excluding hydrogens is 524 g/mol. The number of anilines is 1. The number of rotatable bonds is 6. The average Bonchev–Trinajstić information content (AvgIpc) is 3.17. The van der Waals surface area contributed by atoms with E-state index in [1.54, 1.807) is 25.3 Å². The number of amides is 1. The van der Waals surface area contributed by atoms with Crippen molar-refractivity contribution in [2.45, 2.75) is 25.4 Å². The van der Waals surface area contributed by atoms with Gasteiger partial charge in [-0.25, -0.2) is 4.99 Å². The Morgan fingerprint density at radius 1 is 1.21 bits per heavy atom. The Morgan fingerprint density at radius 2 is 1.94 bits per heavy atom. The first-order valence-electron chi connectivity index (χ1n) is 10.9. The predicted molar refractivity (Wildman–Crippen MR) is 141 cm³/mol. The van der Waals surface area contributed by atoms with E-state index in [4.69, 9.17) is 26.3 Å². The first-order chi connectivity index (χ1) is 15.9. The van der Waals surface area contributed by atoms with Crippen molar-refractivity contribution < 1.29 is 9.53 Å². The maximum atomic E-state index is 12.7. The maximum Gasteiger partial charge on any atom is 0.234 e. The van der Waals surface area contributed by atoms with Crippen molar-refractivity contribution in [1.82, 2.24) is 4.90 Å². The van der Waals surface area contributed by atoms with Crippen molar-refractivity contribution in [2.75, 3.05) is 37.8 Å². The molecule has 0 unspecified atom stereocenters. The zero-order chi connectivity index (χ0) is 23.4. The smallest absolute Gasteiger partial charge is 0.234 e. The Bertz CT molecular complexity index is 1080. The van der Waals surface area contributed by atoms with E-state index in [0.717, 1.165) is 53.3 Å². The number of nitrogens with zero attached hydrogens (tertiary/aromatic N) is 3. The molecule has 0 aliphatic carbocycles. The van der Waals surface area contributed by atoms with E-state index in [-0.39, 0.29) is 11.7 Å². The summed E-state index contributed by atoms with van der Waals surface area (Å²) in [5, 5.41) is 4.17. The van der Waals surface area contributed by atoms with Gasteiger partial charge in [-0.1, -0.05) is 58.3 Å². The van der Waals surface area contributed by atoms with Gasteiger partial charge in [0.1, 0.15) is 10.8 Å². The van der Waals surface area contributed by atoms with Gasteiger partial charge in [-0.15, -0.1) is 0 Å². The second-order valence-electron chi connectivity index (χ2n) is 7.99. The summed E-state index contributed by atoms with van der Waals surface area (Å²) in [6.07, 6.45) is 1.78. The third kappa shape index (κ3) is 5.80. The highest BCUT2D eigenvalue weighted by Gasteiger charge is 2.39. The fourth-order valence-electron chi connectivity index (χ4n) is 3.95. The standard InChI is InChI=1S/C24H26BrClN4O2S/c1-3-30-12-10-24(11-13-30)28-22(16-4-6-17(25)7-5-16)23(29-24)33-15-21(31)27-18-8-9-20(32-2)19(26)14-18/h4-9,14H,3,10-13,15H2,1-2H3,(H,27,31). The molecule has 6 nitrogen and oxygen atoms in total. The second kappa shape index (κ2) is 10.6. The predicted octanol–water partition coefficient (Wildman–Crippen LogP) is 5.50. The van der Waals surface area contributed by atoms with Gasteiger partial charge >= 0.3 is 0 Å². The number of ether oxygens (including phenoxy) is 1. The molecule has 4 rings (SSSR count). The molecule has 33 heavy (non-hydrogen) atoms. The lowest BCUT2D eigenvalue weighted by Crippen LogP contribution is -2.41. The number of nitrogens with one attached hydrogen (secondary N) is 1. The number of hydrogen-bond acceptors (Lipinski definition) is 6. The first-order valence-corrected chi connectivity index (χ1v) is 13.0. The summed E-state index contributed by atoms with van der Waals surface area (Å²) in [6.45, 7) is 5.18. The van der Waals surface area contributed by atoms with Gasteiger partial charge in [0.25, 0.3) is 0 Å². The number of benzene rings is 2. The van der Waals surface area contributed by atoms with Gasteiger partial charge in [-0.3, -0.25) is 9.79 Å². The van der Waals surface area contributed by atoms with Crippen LogP contribution in [0.3, 0.4) is 0 Å². The van der Waals surface area contributed by atoms with Crippen molar-refractivity contribution in [3.8, 4) is 5.75 Å². The van der Waals surface area contributed by atoms with Crippen LogP contribution in [0.4, 0.5) is 5.69 Å². The van der Waals surface area contributed by atoms with Crippen molar-refractivity contribution in [3.63, 3.8) is 0 Å². The number of piperidine rings is 1. The van der Waals surface area contributed by atoms with Crippen molar-refractivity contribution in [1.29, 1.82) is 0 Å². The Balaban J connectivity index is 1.48. The molecule has 1 spiro atoms. The number of hydrogen-bond donors (Lipinski definition) is 1. The lowest BCUT2D eigenvalue weighted by atomic mass is 9.98. The first kappa shape index (κ1) is 24.3. The van der Waals surface area contributed by atoms with Crippen LogP contribution in [0.25, 0.3) is 0 Å². The SMILES string of the molecule is CCN1CCC2(CC1)N=C(SCC(=O)Nc1ccc(OC)c(Cl)c1)C(c1ccc(Br)cc1)=N2. The Hall–Kier alpha value is -1.87. The van der Waals surface area contributed by atoms with Crippen LogP contribution >= 0.6 is 39.3 Å². The van der Waals surface area contributed by atoms with Gasteiger partial charge in [-0.05, 0) is 36.9 Å². The molecule has 0 saturated carbocycles. The molecule has 174 valence electrons. The monoisotopic (exact) mass is 548 g/mol. The Labute approximate surface area is 212 Å². The highest BCUT2D eigenvalue weighted by molar-refractivity contribution is 9.10. The van der Waals surface area contributed by atoms with Crippen LogP contribution < -0.4 is 10.1 Å². The molecule has 2 aromatic rings. The molecule has 2 aliphatic rings. The molecule has 2 aliphatic heterocycles. The molecule has 2 aromatic carbocycles. The minimum Gasteiger partial charge on any atom is -0.495 e. The molecule has 1 saturated heterocycles. The van der Waals surface area contributed by atoms with E-state index in [0.29, 0.717) is 16.5 Å². The minimum absolute atomic E-state index is 0.124. The molecule has 1 fully saturated rings. The van der Waals surface area contributed by atoms with Gasteiger partial charge in [0.15, 0.2) is 5.66 Å². The molecule has 1 amide bonds. The lowest BCUT2D eigenvalue weighted by molar-refractivity contribution is -0.113. The topological polar surface area (TPSA) is 66.3 Å². The zero-order valence-electron chi connectivity index (χ0n) is 18.6. The average molecular weight is 550 g/mol. The fraction of sp³-hybridized carbons (Fsp3) is 0.375. The zero-order valence-corrected chi connectivity index (χ0v) is 21.8. The second-order valence-corrected chi connectivity index (χ2v) is 10.3. The van der Waals surface area contributed by atoms with Crippen LogP contribution in [0.2, 0.25) is 5.02 Å². The fourth-order valence-corrected chi connectivity index (χ4v) is 5.34. The summed E-state index contributed by atoms with van der Waals surface area (Å²) in [5.74, 6) is 0.676. The summed E-state index contributed by atoms with van der Waals surface area (Å²) in [5.41, 5.74) is 2.10. The van der Waals surface area contributed by atoms with Crippen molar-refractivity contribution >= 4 is 61.6 Å². The van der Waals surface area contributed by atoms with Crippen LogP contribution in [0.15, 0.2) is 56.9 Å². The van der Waals surface area contributed by atoms with E-state index < -0.39 is 5.66 Å². The maximum absolute atomic E-state index is 12.7. The number of carbonyl (C=O) groups excluding carboxylic acids is 1. The molecule has 0 aromatic heterocycles. The number of aliphatic imine (C=N–C) groups is 2. The molecule has 9 heteroatoms. The van der Waals surface area contributed by atoms with E-state index in [9.17, 15) is 4.79 Å². The van der Waals surface area contributed by atoms with Crippen LogP contribution in [-0.2, 0) is 4.79 Å². The Kier molecular flexibility index (Phi) is 7.79. The van der Waals surface area contributed by atoms with Crippen LogP contribution in [0, 0.1) is 0 Å². The normalized spacial score (nSPS) is 17.6. The Morgan fingerprint density at radius 3 is 2.58 bits per heavy atom. The third-order valence-electron chi connectivity index (χ3n) is 5.83. The van der Waals surface area contributed by atoms with Gasteiger partial charge < -0.3 is 15.0 Å². The summed E-state index contributed by atoms with van der Waals surface area (Å²) < 4.78 is 6.18. The molecule has 0 bridgehead atoms. The van der Waals surface area contributed by atoms with Crippen LogP contribution in [0.1, 0.15) is 25.3 Å². The molecule has 0 radical (unpaired) electrons. The number of halogens is 2. The summed E-state index contributed by atoms with van der Waals surface area (Å²) >= 11 is 11.1. The molecule has 2 heterocycles. The van der Waals surface area contributed by atoms with Gasteiger partial charge in [0, 0.05) is 41.7 Å².